The van der Waals surface area contributed by atoms with E-state index in [2.05, 4.69) is 9.71 Å². The second kappa shape index (κ2) is 7.01. The monoisotopic (exact) mass is 392 g/mol. The summed E-state index contributed by atoms with van der Waals surface area (Å²) in [7, 11) is -2.50. The van der Waals surface area contributed by atoms with Crippen molar-refractivity contribution in [1.82, 2.24) is 4.98 Å². The number of oxazole rings is 1. The van der Waals surface area contributed by atoms with Crippen LogP contribution in [0.2, 0.25) is 5.02 Å². The zero-order valence-corrected chi connectivity index (χ0v) is 16.0. The molecular weight excluding hydrogens is 376 g/mol. The highest BCUT2D eigenvalue weighted by molar-refractivity contribution is 7.92. The van der Waals surface area contributed by atoms with Gasteiger partial charge < -0.3 is 9.15 Å². The normalized spacial score (nSPS) is 11.4. The van der Waals surface area contributed by atoms with Crippen LogP contribution < -0.4 is 9.46 Å². The van der Waals surface area contributed by atoms with Gasteiger partial charge in [0.05, 0.1) is 19.0 Å². The number of rotatable bonds is 5. The van der Waals surface area contributed by atoms with E-state index in [0.717, 1.165) is 5.56 Å². The molecule has 136 valence electrons. The maximum absolute atomic E-state index is 13.0. The molecule has 0 atom stereocenters. The van der Waals surface area contributed by atoms with E-state index < -0.39 is 10.0 Å². The molecule has 8 heteroatoms. The third-order valence-corrected chi connectivity index (χ3v) is 5.42. The lowest BCUT2D eigenvalue weighted by molar-refractivity contribution is 0.403. The molecule has 0 saturated carbocycles. The number of nitrogens with one attached hydrogen (secondary N) is 1. The summed E-state index contributed by atoms with van der Waals surface area (Å²) in [6.45, 7) is 3.51. The van der Waals surface area contributed by atoms with E-state index in [4.69, 9.17) is 20.8 Å². The molecule has 0 bridgehead atoms. The van der Waals surface area contributed by atoms with Crippen molar-refractivity contribution in [3.63, 3.8) is 0 Å². The largest absolute Gasteiger partial charge is 0.495 e. The highest BCUT2D eigenvalue weighted by Crippen LogP contribution is 2.32. The maximum atomic E-state index is 13.0. The molecule has 0 spiro atoms. The standard InChI is InChI=1S/C18H17ClN2O4S/c1-11-4-6-14(19)9-15(11)21-26(22,23)18-8-13(5-7-16(18)24-3)17-10-20-12(2)25-17/h4-10,21H,1-3H3. The number of benzene rings is 2. The maximum Gasteiger partial charge on any atom is 0.265 e. The zero-order chi connectivity index (χ0) is 18.9. The smallest absolute Gasteiger partial charge is 0.265 e. The molecule has 0 aliphatic rings. The Morgan fingerprint density at radius 2 is 1.92 bits per heavy atom. The first kappa shape index (κ1) is 18.3. The summed E-state index contributed by atoms with van der Waals surface area (Å²) in [6, 6.07) is 9.77. The van der Waals surface area contributed by atoms with E-state index in [1.54, 1.807) is 50.4 Å². The van der Waals surface area contributed by atoms with Crippen LogP contribution in [-0.2, 0) is 10.0 Å². The lowest BCUT2D eigenvalue weighted by Gasteiger charge is -2.14. The summed E-state index contributed by atoms with van der Waals surface area (Å²) in [5, 5.41) is 0.436. The van der Waals surface area contributed by atoms with E-state index in [1.165, 1.54) is 13.2 Å². The van der Waals surface area contributed by atoms with Crippen molar-refractivity contribution in [2.45, 2.75) is 18.7 Å². The first-order valence-electron chi connectivity index (χ1n) is 7.70. The van der Waals surface area contributed by atoms with Crippen molar-refractivity contribution in [3.8, 4) is 17.1 Å². The van der Waals surface area contributed by atoms with Gasteiger partial charge in [-0.25, -0.2) is 13.4 Å². The highest BCUT2D eigenvalue weighted by atomic mass is 35.5. The SMILES string of the molecule is COc1ccc(-c2cnc(C)o2)cc1S(=O)(=O)Nc1cc(Cl)ccc1C. The number of hydrogen-bond acceptors (Lipinski definition) is 5. The molecule has 0 saturated heterocycles. The highest BCUT2D eigenvalue weighted by Gasteiger charge is 2.22. The molecule has 0 aliphatic heterocycles. The average molecular weight is 393 g/mol. The number of halogens is 1. The number of hydrogen-bond donors (Lipinski definition) is 1. The van der Waals surface area contributed by atoms with Crippen LogP contribution in [0.5, 0.6) is 5.75 Å². The predicted octanol–water partition coefficient (Wildman–Crippen LogP) is 4.42. The molecule has 0 aliphatic carbocycles. The van der Waals surface area contributed by atoms with Crippen LogP contribution in [0.15, 0.2) is 51.9 Å². The van der Waals surface area contributed by atoms with Gasteiger partial charge in [0.25, 0.3) is 10.0 Å². The summed E-state index contributed by atoms with van der Waals surface area (Å²) in [4.78, 5) is 4.03. The van der Waals surface area contributed by atoms with Gasteiger partial charge in [0.1, 0.15) is 10.6 Å². The number of aromatic nitrogens is 1. The molecule has 0 amide bonds. The Labute approximate surface area is 156 Å². The lowest BCUT2D eigenvalue weighted by Crippen LogP contribution is -2.15. The summed E-state index contributed by atoms with van der Waals surface area (Å²) < 4.78 is 39.2. The molecule has 2 aromatic carbocycles. The predicted molar refractivity (Wildman–Crippen MR) is 100 cm³/mol. The van der Waals surface area contributed by atoms with Crippen LogP contribution in [0, 0.1) is 13.8 Å². The average Bonchev–Trinajstić information content (AvgIpc) is 3.04. The minimum atomic E-state index is -3.91. The summed E-state index contributed by atoms with van der Waals surface area (Å²) in [6.07, 6.45) is 1.54. The van der Waals surface area contributed by atoms with Crippen LogP contribution >= 0.6 is 11.6 Å². The number of methoxy groups -OCH3 is 1. The molecule has 3 aromatic rings. The Morgan fingerprint density at radius 1 is 1.15 bits per heavy atom. The fourth-order valence-corrected chi connectivity index (χ4v) is 3.93. The van der Waals surface area contributed by atoms with Gasteiger partial charge in [-0.1, -0.05) is 17.7 Å². The molecule has 1 heterocycles. The molecule has 0 fully saturated rings. The fourth-order valence-electron chi connectivity index (χ4n) is 2.44. The third-order valence-electron chi connectivity index (χ3n) is 3.80. The second-order valence-corrected chi connectivity index (χ2v) is 7.76. The van der Waals surface area contributed by atoms with Gasteiger partial charge in [-0.05, 0) is 42.8 Å². The lowest BCUT2D eigenvalue weighted by atomic mass is 10.2. The third kappa shape index (κ3) is 3.68. The zero-order valence-electron chi connectivity index (χ0n) is 14.4. The van der Waals surface area contributed by atoms with Crippen LogP contribution in [-0.4, -0.2) is 20.5 Å². The Bertz CT molecular complexity index is 1060. The van der Waals surface area contributed by atoms with Gasteiger partial charge in [0.15, 0.2) is 11.7 Å². The van der Waals surface area contributed by atoms with E-state index >= 15 is 0 Å². The summed E-state index contributed by atoms with van der Waals surface area (Å²) in [5.74, 6) is 1.19. The van der Waals surface area contributed by atoms with Gasteiger partial charge in [-0.2, -0.15) is 0 Å². The number of ether oxygens (including phenoxy) is 1. The molecule has 3 rings (SSSR count). The molecular formula is C18H17ClN2O4S. The quantitative estimate of drug-likeness (QED) is 0.695. The van der Waals surface area contributed by atoms with Crippen LogP contribution in [0.25, 0.3) is 11.3 Å². The van der Waals surface area contributed by atoms with E-state index in [-0.39, 0.29) is 10.6 Å². The first-order valence-corrected chi connectivity index (χ1v) is 9.56. The van der Waals surface area contributed by atoms with Gasteiger partial charge in [-0.15, -0.1) is 0 Å². The minimum absolute atomic E-state index is 0.00840. The van der Waals surface area contributed by atoms with E-state index in [1.807, 2.05) is 0 Å². The van der Waals surface area contributed by atoms with E-state index in [9.17, 15) is 8.42 Å². The Balaban J connectivity index is 2.06. The Hall–Kier alpha value is -2.51. The van der Waals surface area contributed by atoms with Gasteiger partial charge >= 0.3 is 0 Å². The van der Waals surface area contributed by atoms with Crippen LogP contribution in [0.1, 0.15) is 11.5 Å². The molecule has 1 N–H and O–H groups in total. The number of aryl methyl sites for hydroxylation is 2. The summed E-state index contributed by atoms with van der Waals surface area (Å²) in [5.41, 5.74) is 1.73. The van der Waals surface area contributed by atoms with Crippen molar-refractivity contribution < 1.29 is 17.6 Å². The van der Waals surface area contributed by atoms with Crippen molar-refractivity contribution in [1.29, 1.82) is 0 Å². The van der Waals surface area contributed by atoms with Crippen LogP contribution in [0.3, 0.4) is 0 Å². The molecule has 6 nitrogen and oxygen atoms in total. The Kier molecular flexibility index (Phi) is 4.93. The van der Waals surface area contributed by atoms with Gasteiger partial charge in [0, 0.05) is 17.5 Å². The van der Waals surface area contributed by atoms with Crippen molar-refractivity contribution >= 4 is 27.3 Å². The first-order chi connectivity index (χ1) is 12.3. The fraction of sp³-hybridized carbons (Fsp3) is 0.167. The van der Waals surface area contributed by atoms with Crippen molar-refractivity contribution in [3.05, 3.63) is 59.1 Å². The van der Waals surface area contributed by atoms with Crippen molar-refractivity contribution in [2.75, 3.05) is 11.8 Å². The van der Waals surface area contributed by atoms with Gasteiger partial charge in [-0.3, -0.25) is 4.72 Å². The summed E-state index contributed by atoms with van der Waals surface area (Å²) >= 11 is 5.98. The van der Waals surface area contributed by atoms with Crippen molar-refractivity contribution in [2.24, 2.45) is 0 Å². The number of anilines is 1. The van der Waals surface area contributed by atoms with E-state index in [0.29, 0.717) is 27.9 Å². The topological polar surface area (TPSA) is 81.4 Å². The molecule has 0 radical (unpaired) electrons. The minimum Gasteiger partial charge on any atom is -0.495 e. The van der Waals surface area contributed by atoms with Crippen LogP contribution in [0.4, 0.5) is 5.69 Å². The molecule has 1 aromatic heterocycles. The Morgan fingerprint density at radius 3 is 2.58 bits per heavy atom. The number of nitrogens with zero attached hydrogens (tertiary/aromatic N) is 1. The molecule has 0 unspecified atom stereocenters. The molecule has 26 heavy (non-hydrogen) atoms. The van der Waals surface area contributed by atoms with Gasteiger partial charge in [0.2, 0.25) is 0 Å². The second-order valence-electron chi connectivity index (χ2n) is 5.67. The number of sulfonamides is 1.